The largest absolute Gasteiger partial charge is 0.371 e. The van der Waals surface area contributed by atoms with Crippen LogP contribution in [0, 0.1) is 5.41 Å². The maximum Gasteiger partial charge on any atom is 0.257 e. The minimum atomic E-state index is -2.42. The van der Waals surface area contributed by atoms with Crippen LogP contribution in [0.2, 0.25) is 0 Å². The van der Waals surface area contributed by atoms with Crippen LogP contribution in [0.15, 0.2) is 41.3 Å². The summed E-state index contributed by atoms with van der Waals surface area (Å²) in [4.78, 5) is 17.0. The van der Waals surface area contributed by atoms with Gasteiger partial charge in [0.25, 0.3) is 12.3 Å². The maximum atomic E-state index is 13.5. The smallest absolute Gasteiger partial charge is 0.257 e. The highest BCUT2D eigenvalue weighted by Gasteiger charge is 2.44. The molecule has 1 aliphatic heterocycles. The van der Waals surface area contributed by atoms with Crippen molar-refractivity contribution in [3.8, 4) is 0 Å². The molecule has 1 aliphatic carbocycles. The van der Waals surface area contributed by atoms with E-state index in [1.165, 1.54) is 30.6 Å². The molecule has 1 saturated heterocycles. The van der Waals surface area contributed by atoms with Crippen molar-refractivity contribution in [2.24, 2.45) is 12.5 Å². The molecule has 2 aliphatic rings. The van der Waals surface area contributed by atoms with Crippen LogP contribution in [0.5, 0.6) is 0 Å². The molecule has 2 fully saturated rings. The van der Waals surface area contributed by atoms with Gasteiger partial charge >= 0.3 is 0 Å². The van der Waals surface area contributed by atoms with Crippen molar-refractivity contribution >= 4 is 39.9 Å². The van der Waals surface area contributed by atoms with Crippen molar-refractivity contribution in [2.45, 2.75) is 50.5 Å². The van der Waals surface area contributed by atoms with E-state index < -0.39 is 6.43 Å². The van der Waals surface area contributed by atoms with Gasteiger partial charge in [-0.25, -0.2) is 8.78 Å². The number of amides is 1. The van der Waals surface area contributed by atoms with Gasteiger partial charge in [-0.3, -0.25) is 9.48 Å². The van der Waals surface area contributed by atoms with Crippen molar-refractivity contribution in [1.29, 1.82) is 0 Å². The minimum Gasteiger partial charge on any atom is -0.371 e. The lowest BCUT2D eigenvalue weighted by Crippen LogP contribution is -2.35. The number of alkyl halides is 2. The fourth-order valence-corrected chi connectivity index (χ4v) is 5.86. The van der Waals surface area contributed by atoms with Crippen molar-refractivity contribution in [3.05, 3.63) is 47.7 Å². The Hall–Kier alpha value is -2.65. The molecule has 2 heterocycles. The summed E-state index contributed by atoms with van der Waals surface area (Å²) < 4.78 is 26.8. The molecule has 9 heteroatoms. The van der Waals surface area contributed by atoms with Crippen LogP contribution in [0.25, 0.3) is 10.9 Å². The molecule has 6 nitrogen and oxygen atoms in total. The topological polar surface area (TPSA) is 62.2 Å². The first-order valence-corrected chi connectivity index (χ1v) is 13.6. The molecule has 0 bridgehead atoms. The highest BCUT2D eigenvalue weighted by Crippen LogP contribution is 2.54. The first-order valence-electron chi connectivity index (χ1n) is 12.7. The molecule has 2 N–H and O–H groups in total. The molecule has 192 valence electrons. The standard InChI is InChI=1S/C27H33F2N5OS/c1-3-36-19-5-6-20(24(15-19)34-12-10-27(8-9-27)11-13-34)26(35)31-18-4-7-23-21(14-18)22(32-33(23)2)16-30-17-25(28)29/h4-7,14-15,25,30H,3,8-13,16-17H2,1-2H3,(H,31,35). The number of piperidine rings is 1. The summed E-state index contributed by atoms with van der Waals surface area (Å²) in [5.74, 6) is 0.832. The second kappa shape index (κ2) is 10.4. The van der Waals surface area contributed by atoms with Gasteiger partial charge in [0.05, 0.1) is 29.0 Å². The number of nitrogens with zero attached hydrogens (tertiary/aromatic N) is 3. The van der Waals surface area contributed by atoms with Crippen LogP contribution in [0.1, 0.15) is 48.7 Å². The normalized spacial score (nSPS) is 16.8. The molecular weight excluding hydrogens is 480 g/mol. The Morgan fingerprint density at radius 1 is 1.14 bits per heavy atom. The Bertz CT molecular complexity index is 1250. The summed E-state index contributed by atoms with van der Waals surface area (Å²) in [7, 11) is 1.82. The third-order valence-corrected chi connectivity index (χ3v) is 8.30. The van der Waals surface area contributed by atoms with E-state index in [-0.39, 0.29) is 19.0 Å². The molecule has 1 saturated carbocycles. The summed E-state index contributed by atoms with van der Waals surface area (Å²) in [5, 5.41) is 11.1. The number of benzene rings is 2. The second-order valence-corrected chi connectivity index (χ2v) is 11.2. The van der Waals surface area contributed by atoms with Crippen LogP contribution in [-0.2, 0) is 13.6 Å². The van der Waals surface area contributed by atoms with Crippen molar-refractivity contribution in [3.63, 3.8) is 0 Å². The van der Waals surface area contributed by atoms with Gasteiger partial charge in [-0.1, -0.05) is 6.92 Å². The Morgan fingerprint density at radius 3 is 2.61 bits per heavy atom. The third-order valence-electron chi connectivity index (χ3n) is 7.42. The van der Waals surface area contributed by atoms with Crippen LogP contribution in [-0.4, -0.2) is 47.5 Å². The first kappa shape index (κ1) is 25.0. The monoisotopic (exact) mass is 513 g/mol. The SMILES string of the molecule is CCSc1ccc(C(=O)Nc2ccc3c(c2)c(CNCC(F)F)nn3C)c(N2CCC3(CC2)CC3)c1. The predicted octanol–water partition coefficient (Wildman–Crippen LogP) is 5.67. The zero-order chi connectivity index (χ0) is 25.3. The Kier molecular flexibility index (Phi) is 7.21. The Labute approximate surface area is 214 Å². The van der Waals surface area contributed by atoms with Crippen LogP contribution in [0.3, 0.4) is 0 Å². The number of hydrogen-bond donors (Lipinski definition) is 2. The van der Waals surface area contributed by atoms with Gasteiger partial charge in [-0.15, -0.1) is 11.8 Å². The Balaban J connectivity index is 1.38. The number of halogens is 2. The fourth-order valence-electron chi connectivity index (χ4n) is 5.16. The van der Waals surface area contributed by atoms with E-state index in [4.69, 9.17) is 0 Å². The van der Waals surface area contributed by atoms with Crippen molar-refractivity contribution in [2.75, 3.05) is 35.6 Å². The van der Waals surface area contributed by atoms with Crippen molar-refractivity contribution < 1.29 is 13.6 Å². The summed E-state index contributed by atoms with van der Waals surface area (Å²) in [5.41, 5.74) is 4.45. The summed E-state index contributed by atoms with van der Waals surface area (Å²) >= 11 is 1.78. The third kappa shape index (κ3) is 5.37. The quantitative estimate of drug-likeness (QED) is 0.361. The van der Waals surface area contributed by atoms with Crippen LogP contribution >= 0.6 is 11.8 Å². The number of rotatable bonds is 9. The number of anilines is 2. The van der Waals surface area contributed by atoms with Crippen LogP contribution < -0.4 is 15.5 Å². The highest BCUT2D eigenvalue weighted by molar-refractivity contribution is 7.99. The molecule has 36 heavy (non-hydrogen) atoms. The number of carbonyl (C=O) groups excluding carboxylic acids is 1. The average Bonchev–Trinajstić information content (AvgIpc) is 3.54. The molecule has 2 aromatic carbocycles. The van der Waals surface area contributed by atoms with Gasteiger partial charge in [0.15, 0.2) is 0 Å². The molecule has 0 radical (unpaired) electrons. The zero-order valence-corrected chi connectivity index (χ0v) is 21.6. The predicted molar refractivity (Wildman–Crippen MR) is 142 cm³/mol. The van der Waals surface area contributed by atoms with E-state index in [0.29, 0.717) is 22.4 Å². The molecule has 0 unspecified atom stereocenters. The number of aryl methyl sites for hydroxylation is 1. The molecule has 1 amide bonds. The number of carbonyl (C=O) groups is 1. The van der Waals surface area contributed by atoms with Gasteiger partial charge in [-0.2, -0.15) is 5.10 Å². The van der Waals surface area contributed by atoms with Gasteiger partial charge in [0.2, 0.25) is 0 Å². The van der Waals surface area contributed by atoms with E-state index in [0.717, 1.165) is 35.4 Å². The van der Waals surface area contributed by atoms with E-state index in [1.54, 1.807) is 16.4 Å². The number of fused-ring (bicyclic) bond motifs is 1. The lowest BCUT2D eigenvalue weighted by molar-refractivity contribution is 0.102. The summed E-state index contributed by atoms with van der Waals surface area (Å²) in [6.45, 7) is 3.94. The van der Waals surface area contributed by atoms with Crippen molar-refractivity contribution in [1.82, 2.24) is 15.1 Å². The summed E-state index contributed by atoms with van der Waals surface area (Å²) in [6, 6.07) is 11.7. The number of hydrogen-bond acceptors (Lipinski definition) is 5. The molecule has 1 spiro atoms. The summed E-state index contributed by atoms with van der Waals surface area (Å²) in [6.07, 6.45) is 2.66. The second-order valence-electron chi connectivity index (χ2n) is 9.88. The fraction of sp³-hybridized carbons (Fsp3) is 0.481. The zero-order valence-electron chi connectivity index (χ0n) is 20.8. The average molecular weight is 514 g/mol. The molecule has 0 atom stereocenters. The molecule has 1 aromatic heterocycles. The van der Waals surface area contributed by atoms with Gasteiger partial charge < -0.3 is 15.5 Å². The molecular formula is C27H33F2N5OS. The van der Waals surface area contributed by atoms with E-state index >= 15 is 0 Å². The molecule has 3 aromatic rings. The molecule has 5 rings (SSSR count). The first-order chi connectivity index (χ1) is 17.4. The number of nitrogens with one attached hydrogen (secondary N) is 2. The number of thioether (sulfide) groups is 1. The van der Waals surface area contributed by atoms with Gasteiger partial charge in [0, 0.05) is 42.7 Å². The lowest BCUT2D eigenvalue weighted by Gasteiger charge is -2.35. The lowest BCUT2D eigenvalue weighted by atomic mass is 9.93. The number of aromatic nitrogens is 2. The Morgan fingerprint density at radius 2 is 1.92 bits per heavy atom. The van der Waals surface area contributed by atoms with E-state index in [1.807, 2.05) is 37.4 Å². The minimum absolute atomic E-state index is 0.148. The van der Waals surface area contributed by atoms with E-state index in [9.17, 15) is 13.6 Å². The highest BCUT2D eigenvalue weighted by atomic mass is 32.2. The van der Waals surface area contributed by atoms with Gasteiger partial charge in [-0.05, 0) is 73.2 Å². The van der Waals surface area contributed by atoms with Gasteiger partial charge in [0.1, 0.15) is 0 Å². The van der Waals surface area contributed by atoms with E-state index in [2.05, 4.69) is 33.6 Å². The van der Waals surface area contributed by atoms with Crippen LogP contribution in [0.4, 0.5) is 20.2 Å². The maximum absolute atomic E-state index is 13.5.